The molecule has 1 N–H and O–H groups in total. The van der Waals surface area contributed by atoms with Crippen molar-refractivity contribution in [3.8, 4) is 0 Å². The Morgan fingerprint density at radius 3 is 2.79 bits per heavy atom. The summed E-state index contributed by atoms with van der Waals surface area (Å²) in [6.07, 6.45) is 4.38. The normalized spacial score (nSPS) is 22.6. The summed E-state index contributed by atoms with van der Waals surface area (Å²) in [7, 11) is 0. The lowest BCUT2D eigenvalue weighted by Gasteiger charge is -2.37. The number of nitrogens with one attached hydrogen (secondary N) is 1. The minimum Gasteiger partial charge on any atom is -0.472 e. The highest BCUT2D eigenvalue weighted by molar-refractivity contribution is 5.99. The number of benzene rings is 1. The minimum absolute atomic E-state index is 0.0455. The first-order valence-electron chi connectivity index (χ1n) is 9.45. The number of Topliss-reactive ketones (excluding diaryl/α,β-unsaturated/α-hetero) is 1. The number of ether oxygens (including phenoxy) is 1. The molecule has 0 aliphatic carbocycles. The van der Waals surface area contributed by atoms with Gasteiger partial charge in [-0.15, -0.1) is 0 Å². The van der Waals surface area contributed by atoms with Crippen LogP contribution in [-0.4, -0.2) is 53.8 Å². The first kappa shape index (κ1) is 18.4. The second-order valence-corrected chi connectivity index (χ2v) is 7.16. The molecule has 2 saturated heterocycles. The number of rotatable bonds is 5. The largest absolute Gasteiger partial charge is 0.472 e. The third kappa shape index (κ3) is 3.71. The van der Waals surface area contributed by atoms with Gasteiger partial charge < -0.3 is 19.4 Å². The maximum absolute atomic E-state index is 13.4. The summed E-state index contributed by atoms with van der Waals surface area (Å²) >= 11 is 0. The molecule has 2 aliphatic heterocycles. The lowest BCUT2D eigenvalue weighted by molar-refractivity contribution is -0.142. The van der Waals surface area contributed by atoms with E-state index in [2.05, 4.69) is 5.32 Å². The van der Waals surface area contributed by atoms with Gasteiger partial charge in [0.1, 0.15) is 25.0 Å². The van der Waals surface area contributed by atoms with Crippen molar-refractivity contribution < 1.29 is 23.5 Å². The number of likely N-dealkylation sites (tertiary alicyclic amines) is 1. The van der Waals surface area contributed by atoms with E-state index >= 15 is 0 Å². The molecule has 1 aromatic carbocycles. The molecule has 2 aromatic rings. The predicted octanol–water partition coefficient (Wildman–Crippen LogP) is 1.58. The molecular formula is C21H22N2O5. The Hall–Kier alpha value is -2.93. The molecule has 2 aliphatic rings. The highest BCUT2D eigenvalue weighted by Crippen LogP contribution is 2.27. The van der Waals surface area contributed by atoms with Crippen molar-refractivity contribution in [2.45, 2.75) is 37.5 Å². The molecule has 0 saturated carbocycles. The number of carbonyl (C=O) groups excluding carboxylic acids is 3. The molecule has 1 aromatic heterocycles. The van der Waals surface area contributed by atoms with Gasteiger partial charge in [-0.1, -0.05) is 30.3 Å². The third-order valence-corrected chi connectivity index (χ3v) is 5.30. The highest BCUT2D eigenvalue weighted by Gasteiger charge is 2.45. The summed E-state index contributed by atoms with van der Waals surface area (Å²) in [6.45, 7) is 0.534. The van der Waals surface area contributed by atoms with Crippen LogP contribution in [0.1, 0.15) is 28.8 Å². The molecule has 0 bridgehead atoms. The van der Waals surface area contributed by atoms with Gasteiger partial charge in [-0.2, -0.15) is 0 Å². The number of ketones is 1. The van der Waals surface area contributed by atoms with Crippen LogP contribution in [0.5, 0.6) is 0 Å². The lowest BCUT2D eigenvalue weighted by atomic mass is 9.95. The van der Waals surface area contributed by atoms with Gasteiger partial charge in [0.15, 0.2) is 5.78 Å². The van der Waals surface area contributed by atoms with E-state index in [1.165, 1.54) is 12.5 Å². The van der Waals surface area contributed by atoms with E-state index in [4.69, 9.17) is 9.15 Å². The van der Waals surface area contributed by atoms with Crippen LogP contribution in [0.2, 0.25) is 0 Å². The van der Waals surface area contributed by atoms with E-state index in [9.17, 15) is 14.4 Å². The highest BCUT2D eigenvalue weighted by atomic mass is 16.5. The Balaban J connectivity index is 1.57. The summed E-state index contributed by atoms with van der Waals surface area (Å²) in [5.41, 5.74) is 1.28. The summed E-state index contributed by atoms with van der Waals surface area (Å²) < 4.78 is 10.5. The van der Waals surface area contributed by atoms with Crippen LogP contribution in [0.15, 0.2) is 53.3 Å². The molecule has 28 heavy (non-hydrogen) atoms. The van der Waals surface area contributed by atoms with Crippen molar-refractivity contribution in [1.82, 2.24) is 10.2 Å². The van der Waals surface area contributed by atoms with E-state index in [-0.39, 0.29) is 30.3 Å². The quantitative estimate of drug-likeness (QED) is 0.848. The average Bonchev–Trinajstić information content (AvgIpc) is 3.38. The fraction of sp³-hybridized carbons (Fsp3) is 0.381. The van der Waals surface area contributed by atoms with Gasteiger partial charge in [0.05, 0.1) is 17.9 Å². The van der Waals surface area contributed by atoms with Gasteiger partial charge in [-0.3, -0.25) is 14.4 Å². The summed E-state index contributed by atoms with van der Waals surface area (Å²) in [4.78, 5) is 39.8. The molecular weight excluding hydrogens is 360 g/mol. The maximum atomic E-state index is 13.4. The van der Waals surface area contributed by atoms with Crippen molar-refractivity contribution in [2.24, 2.45) is 0 Å². The van der Waals surface area contributed by atoms with E-state index in [0.29, 0.717) is 18.5 Å². The molecule has 3 atom stereocenters. The SMILES string of the molecule is O=C(N[C@@H](Cc1ccccc1)C(=O)N1CCC[C@H]2OCC(=O)[C@H]21)c1ccoc1. The molecule has 0 spiro atoms. The first-order valence-corrected chi connectivity index (χ1v) is 9.45. The molecule has 3 heterocycles. The summed E-state index contributed by atoms with van der Waals surface area (Å²) in [5.74, 6) is -0.711. The van der Waals surface area contributed by atoms with Crippen LogP contribution in [0.25, 0.3) is 0 Å². The van der Waals surface area contributed by atoms with Crippen molar-refractivity contribution in [2.75, 3.05) is 13.2 Å². The zero-order chi connectivity index (χ0) is 19.5. The molecule has 0 unspecified atom stereocenters. The van der Waals surface area contributed by atoms with E-state index in [1.54, 1.807) is 11.0 Å². The van der Waals surface area contributed by atoms with Crippen molar-refractivity contribution >= 4 is 17.6 Å². The Kier molecular flexibility index (Phi) is 5.25. The summed E-state index contributed by atoms with van der Waals surface area (Å²) in [5, 5.41) is 2.82. The van der Waals surface area contributed by atoms with Crippen molar-refractivity contribution in [3.05, 3.63) is 60.1 Å². The van der Waals surface area contributed by atoms with E-state index in [1.807, 2.05) is 30.3 Å². The standard InChI is InChI=1S/C21H22N2O5/c24-17-13-28-18-7-4-9-23(19(17)18)21(26)16(11-14-5-2-1-3-6-14)22-20(25)15-8-10-27-12-15/h1-3,5-6,8,10,12,16,18-19H,4,7,9,11,13H2,(H,22,25)/t16-,18+,19+/m0/s1. The number of hydrogen-bond acceptors (Lipinski definition) is 5. The Morgan fingerprint density at radius 2 is 2.04 bits per heavy atom. The number of amides is 2. The third-order valence-electron chi connectivity index (χ3n) is 5.30. The first-order chi connectivity index (χ1) is 13.6. The van der Waals surface area contributed by atoms with Crippen molar-refractivity contribution in [1.29, 1.82) is 0 Å². The number of furan rings is 1. The zero-order valence-corrected chi connectivity index (χ0v) is 15.4. The fourth-order valence-electron chi connectivity index (χ4n) is 3.92. The number of piperidine rings is 1. The number of fused-ring (bicyclic) bond motifs is 1. The minimum atomic E-state index is -0.781. The van der Waals surface area contributed by atoms with Crippen LogP contribution in [0, 0.1) is 0 Å². The van der Waals surface area contributed by atoms with Gasteiger partial charge in [0.25, 0.3) is 5.91 Å². The predicted molar refractivity (Wildman–Crippen MR) is 99.6 cm³/mol. The van der Waals surface area contributed by atoms with Crippen molar-refractivity contribution in [3.63, 3.8) is 0 Å². The molecule has 2 amide bonds. The Morgan fingerprint density at radius 1 is 1.21 bits per heavy atom. The molecule has 7 heteroatoms. The maximum Gasteiger partial charge on any atom is 0.255 e. The molecule has 0 radical (unpaired) electrons. The van der Waals surface area contributed by atoms with E-state index in [0.717, 1.165) is 18.4 Å². The van der Waals surface area contributed by atoms with E-state index < -0.39 is 12.1 Å². The van der Waals surface area contributed by atoms with Gasteiger partial charge >= 0.3 is 0 Å². The number of carbonyl (C=O) groups is 3. The Labute approximate surface area is 162 Å². The van der Waals surface area contributed by atoms with Gasteiger partial charge in [-0.05, 0) is 24.5 Å². The molecule has 4 rings (SSSR count). The molecule has 2 fully saturated rings. The van der Waals surface area contributed by atoms with Crippen LogP contribution in [0.3, 0.4) is 0 Å². The second-order valence-electron chi connectivity index (χ2n) is 7.16. The van der Waals surface area contributed by atoms with Crippen LogP contribution in [0.4, 0.5) is 0 Å². The fourth-order valence-corrected chi connectivity index (χ4v) is 3.92. The van der Waals surface area contributed by atoms with Crippen LogP contribution < -0.4 is 5.32 Å². The zero-order valence-electron chi connectivity index (χ0n) is 15.4. The average molecular weight is 382 g/mol. The smallest absolute Gasteiger partial charge is 0.255 e. The summed E-state index contributed by atoms with van der Waals surface area (Å²) in [6, 6.07) is 9.71. The number of hydrogen-bond donors (Lipinski definition) is 1. The van der Waals surface area contributed by atoms with Gasteiger partial charge in [-0.25, -0.2) is 0 Å². The number of nitrogens with zero attached hydrogens (tertiary/aromatic N) is 1. The second kappa shape index (κ2) is 7.98. The monoisotopic (exact) mass is 382 g/mol. The van der Waals surface area contributed by atoms with Gasteiger partial charge in [0, 0.05) is 13.0 Å². The molecule has 146 valence electrons. The molecule has 7 nitrogen and oxygen atoms in total. The Bertz CT molecular complexity index is 849. The van der Waals surface area contributed by atoms with Crippen LogP contribution >= 0.6 is 0 Å². The topological polar surface area (TPSA) is 88.9 Å². The lowest BCUT2D eigenvalue weighted by Crippen LogP contribution is -2.58. The van der Waals surface area contributed by atoms with Crippen LogP contribution in [-0.2, 0) is 20.7 Å². The van der Waals surface area contributed by atoms with Gasteiger partial charge in [0.2, 0.25) is 5.91 Å².